The van der Waals surface area contributed by atoms with Crippen molar-refractivity contribution in [1.29, 1.82) is 0 Å². The molecule has 0 aliphatic rings. The van der Waals surface area contributed by atoms with Gasteiger partial charge in [-0.05, 0) is 52.0 Å². The molecule has 0 unspecified atom stereocenters. The molecule has 0 amide bonds. The quantitative estimate of drug-likeness (QED) is 0.433. The van der Waals surface area contributed by atoms with E-state index >= 15 is 0 Å². The fourth-order valence-corrected chi connectivity index (χ4v) is 0.544. The molecule has 0 rings (SSSR count). The number of hydrogen-bond acceptors (Lipinski definition) is 8. The first-order valence-electron chi connectivity index (χ1n) is 6.43. The van der Waals surface area contributed by atoms with Crippen molar-refractivity contribution in [3.8, 4) is 0 Å². The van der Waals surface area contributed by atoms with Crippen LogP contribution in [0.4, 0.5) is 0 Å². The summed E-state index contributed by atoms with van der Waals surface area (Å²) in [5.41, 5.74) is 0. The molecule has 0 aromatic rings. The van der Waals surface area contributed by atoms with E-state index in [2.05, 4.69) is 0 Å². The molecular formula is C16H20O8Zr. The van der Waals surface area contributed by atoms with Gasteiger partial charge in [0.05, 0.1) is 23.9 Å². The monoisotopic (exact) mass is 430 g/mol. The molecule has 0 bridgehead atoms. The number of carbonyl (C=O) groups excluding carboxylic acids is 4. The van der Waals surface area contributed by atoms with Gasteiger partial charge in [-0.1, -0.05) is 24.3 Å². The van der Waals surface area contributed by atoms with Crippen LogP contribution in [0.5, 0.6) is 0 Å². The van der Waals surface area contributed by atoms with E-state index in [1.165, 1.54) is 24.3 Å². The van der Waals surface area contributed by atoms with Crippen molar-refractivity contribution >= 4 is 23.9 Å². The SMILES string of the molecule is CC=CC(=O)[O-].CC=CC(=O)[O-].CC=CC(=O)[O-].CC=CC(=O)[O-].[Zr+4]. The molecule has 0 fully saturated rings. The number of carboxylic acid groups (broad SMARTS) is 4. The maximum Gasteiger partial charge on any atom is 4.00 e. The number of carboxylic acids is 4. The Morgan fingerprint density at radius 3 is 0.600 bits per heavy atom. The minimum atomic E-state index is -1.14. The number of carbonyl (C=O) groups is 4. The normalized spacial score (nSPS) is 9.12. The molecule has 9 heteroatoms. The third kappa shape index (κ3) is 89.4. The van der Waals surface area contributed by atoms with Crippen molar-refractivity contribution in [3.63, 3.8) is 0 Å². The summed E-state index contributed by atoms with van der Waals surface area (Å²) in [5.74, 6) is -4.56. The topological polar surface area (TPSA) is 161 Å². The number of aliphatic carboxylic acids is 4. The number of hydrogen-bond donors (Lipinski definition) is 0. The van der Waals surface area contributed by atoms with Gasteiger partial charge >= 0.3 is 26.2 Å². The summed E-state index contributed by atoms with van der Waals surface area (Å²) in [6.07, 6.45) is 9.54. The largest absolute Gasteiger partial charge is 4.00 e. The van der Waals surface area contributed by atoms with Gasteiger partial charge in [0.1, 0.15) is 0 Å². The minimum Gasteiger partial charge on any atom is -0.545 e. The minimum absolute atomic E-state index is 0. The van der Waals surface area contributed by atoms with E-state index in [1.54, 1.807) is 27.7 Å². The first-order chi connectivity index (χ1) is 11.1. The molecule has 0 radical (unpaired) electrons. The molecule has 0 saturated carbocycles. The van der Waals surface area contributed by atoms with Gasteiger partial charge in [-0.3, -0.25) is 0 Å². The van der Waals surface area contributed by atoms with E-state index in [0.29, 0.717) is 0 Å². The number of allylic oxidation sites excluding steroid dienone is 4. The molecule has 0 heterocycles. The zero-order valence-corrected chi connectivity index (χ0v) is 16.8. The van der Waals surface area contributed by atoms with Gasteiger partial charge in [-0.15, -0.1) is 0 Å². The zero-order chi connectivity index (χ0) is 20.0. The van der Waals surface area contributed by atoms with Gasteiger partial charge in [0.25, 0.3) is 0 Å². The molecule has 0 spiro atoms. The zero-order valence-electron chi connectivity index (χ0n) is 14.4. The van der Waals surface area contributed by atoms with Gasteiger partial charge in [0.15, 0.2) is 0 Å². The predicted octanol–water partition coefficient (Wildman–Crippen LogP) is -2.75. The van der Waals surface area contributed by atoms with Crippen molar-refractivity contribution in [1.82, 2.24) is 0 Å². The van der Waals surface area contributed by atoms with Crippen molar-refractivity contribution < 1.29 is 65.8 Å². The van der Waals surface area contributed by atoms with E-state index in [9.17, 15) is 39.6 Å². The third-order valence-electron chi connectivity index (χ3n) is 1.21. The molecule has 25 heavy (non-hydrogen) atoms. The Kier molecular flexibility index (Phi) is 40.6. The molecule has 0 aromatic carbocycles. The van der Waals surface area contributed by atoms with Crippen molar-refractivity contribution in [2.45, 2.75) is 27.7 Å². The molecular weight excluding hydrogens is 411 g/mol. The van der Waals surface area contributed by atoms with Crippen molar-refractivity contribution in [3.05, 3.63) is 48.6 Å². The summed E-state index contributed by atoms with van der Waals surface area (Å²) in [7, 11) is 0. The summed E-state index contributed by atoms with van der Waals surface area (Å²) >= 11 is 0. The van der Waals surface area contributed by atoms with Crippen LogP contribution in [0.1, 0.15) is 27.7 Å². The molecule has 0 saturated heterocycles. The Morgan fingerprint density at radius 2 is 0.600 bits per heavy atom. The summed E-state index contributed by atoms with van der Waals surface area (Å²) in [6, 6.07) is 0. The van der Waals surface area contributed by atoms with Gasteiger partial charge in [0, 0.05) is 0 Å². The Bertz CT molecular complexity index is 389. The fraction of sp³-hybridized carbons (Fsp3) is 0.250. The van der Waals surface area contributed by atoms with Crippen LogP contribution in [0.3, 0.4) is 0 Å². The fourth-order valence-electron chi connectivity index (χ4n) is 0.544. The first-order valence-corrected chi connectivity index (χ1v) is 6.43. The third-order valence-corrected chi connectivity index (χ3v) is 1.21. The summed E-state index contributed by atoms with van der Waals surface area (Å²) < 4.78 is 0. The van der Waals surface area contributed by atoms with Gasteiger partial charge in [0.2, 0.25) is 0 Å². The Morgan fingerprint density at radius 1 is 0.480 bits per heavy atom. The maximum atomic E-state index is 9.40. The predicted molar refractivity (Wildman–Crippen MR) is 79.3 cm³/mol. The second-order valence-electron chi connectivity index (χ2n) is 3.28. The van der Waals surface area contributed by atoms with E-state index in [0.717, 1.165) is 24.3 Å². The molecule has 136 valence electrons. The van der Waals surface area contributed by atoms with E-state index in [1.807, 2.05) is 0 Å². The summed E-state index contributed by atoms with van der Waals surface area (Å²) in [5, 5.41) is 37.6. The van der Waals surface area contributed by atoms with Gasteiger partial charge in [-0.25, -0.2) is 0 Å². The maximum absolute atomic E-state index is 9.40. The van der Waals surface area contributed by atoms with Crippen LogP contribution in [0, 0.1) is 0 Å². The van der Waals surface area contributed by atoms with Crippen molar-refractivity contribution in [2.24, 2.45) is 0 Å². The van der Waals surface area contributed by atoms with Crippen LogP contribution in [-0.4, -0.2) is 23.9 Å². The molecule has 8 nitrogen and oxygen atoms in total. The van der Waals surface area contributed by atoms with Crippen LogP contribution in [0.15, 0.2) is 48.6 Å². The second kappa shape index (κ2) is 29.7. The Labute approximate surface area is 166 Å². The average molecular weight is 432 g/mol. The van der Waals surface area contributed by atoms with Crippen LogP contribution < -0.4 is 20.4 Å². The molecule has 0 aliphatic carbocycles. The first kappa shape index (κ1) is 34.1. The standard InChI is InChI=1S/4C4H6O2.Zr/c4*1-2-3-4(5)6;/h4*2-3H,1H3,(H,5,6);/q;;;;+4/p-4. The van der Waals surface area contributed by atoms with E-state index < -0.39 is 23.9 Å². The van der Waals surface area contributed by atoms with E-state index in [4.69, 9.17) is 0 Å². The smallest absolute Gasteiger partial charge is 0.545 e. The van der Waals surface area contributed by atoms with Gasteiger partial charge in [-0.2, -0.15) is 0 Å². The summed E-state index contributed by atoms with van der Waals surface area (Å²) in [4.78, 5) is 37.6. The molecule has 0 aromatic heterocycles. The Hall–Kier alpha value is -2.28. The van der Waals surface area contributed by atoms with Crippen LogP contribution >= 0.6 is 0 Å². The Balaban J connectivity index is -0.0000000702. The molecule has 0 N–H and O–H groups in total. The van der Waals surface area contributed by atoms with E-state index in [-0.39, 0.29) is 26.2 Å². The number of rotatable bonds is 4. The average Bonchev–Trinajstić information content (AvgIpc) is 2.39. The van der Waals surface area contributed by atoms with Crippen molar-refractivity contribution in [2.75, 3.05) is 0 Å². The second-order valence-corrected chi connectivity index (χ2v) is 3.28. The summed E-state index contributed by atoms with van der Waals surface area (Å²) in [6.45, 7) is 6.48. The van der Waals surface area contributed by atoms with Crippen LogP contribution in [0.25, 0.3) is 0 Å². The molecule has 0 atom stereocenters. The van der Waals surface area contributed by atoms with Gasteiger partial charge < -0.3 is 39.6 Å². The molecule has 0 aliphatic heterocycles. The van der Waals surface area contributed by atoms with Crippen LogP contribution in [0.2, 0.25) is 0 Å². The van der Waals surface area contributed by atoms with Crippen LogP contribution in [-0.2, 0) is 45.4 Å².